The summed E-state index contributed by atoms with van der Waals surface area (Å²) in [5.41, 5.74) is 0.501. The van der Waals surface area contributed by atoms with Crippen molar-refractivity contribution in [3.8, 4) is 5.75 Å². The van der Waals surface area contributed by atoms with E-state index in [4.69, 9.17) is 16.3 Å². The van der Waals surface area contributed by atoms with Crippen molar-refractivity contribution in [1.82, 2.24) is 9.62 Å². The van der Waals surface area contributed by atoms with Crippen molar-refractivity contribution in [2.75, 3.05) is 30.9 Å². The SMILES string of the molecule is CCS(=O)(=O)N1CC(=O)N(c2ccc(C)c(Cl)c2)[C@](C)(C(=O)NCc2ccccc2OC)C1. The molecule has 0 unspecified atom stereocenters. The number of nitrogens with zero attached hydrogens (tertiary/aromatic N) is 2. The first kappa shape index (κ1) is 25.0. The second-order valence-electron chi connectivity index (χ2n) is 8.10. The number of hydrogen-bond donors (Lipinski definition) is 1. The van der Waals surface area contributed by atoms with Crippen molar-refractivity contribution in [1.29, 1.82) is 0 Å². The number of rotatable bonds is 7. The number of para-hydroxylation sites is 1. The van der Waals surface area contributed by atoms with Gasteiger partial charge in [-0.05, 0) is 44.5 Å². The molecule has 2 amide bonds. The minimum absolute atomic E-state index is 0.148. The number of methoxy groups -OCH3 is 1. The second-order valence-corrected chi connectivity index (χ2v) is 10.8. The Bertz CT molecular complexity index is 1170. The standard InChI is InChI=1S/C23H28ClN3O5S/c1-5-33(30,31)26-14-21(28)27(18-11-10-16(2)19(24)12-18)23(3,15-26)22(29)25-13-17-8-6-7-9-20(17)32-4/h6-12H,5,13-15H2,1-4H3,(H,25,29)/t23-/m0/s1. The zero-order valence-electron chi connectivity index (χ0n) is 19.1. The normalized spacial score (nSPS) is 19.4. The molecule has 1 saturated heterocycles. The van der Waals surface area contributed by atoms with Crippen LogP contribution in [-0.2, 0) is 26.2 Å². The fourth-order valence-corrected chi connectivity index (χ4v) is 5.18. The molecule has 0 radical (unpaired) electrons. The number of halogens is 1. The van der Waals surface area contributed by atoms with Crippen LogP contribution >= 0.6 is 11.6 Å². The average Bonchev–Trinajstić information content (AvgIpc) is 2.79. The first-order valence-corrected chi connectivity index (χ1v) is 12.5. The van der Waals surface area contributed by atoms with Crippen molar-refractivity contribution < 1.29 is 22.7 Å². The number of amides is 2. The summed E-state index contributed by atoms with van der Waals surface area (Å²) < 4.78 is 31.6. The minimum Gasteiger partial charge on any atom is -0.496 e. The molecule has 1 aliphatic rings. The highest BCUT2D eigenvalue weighted by Gasteiger charge is 2.50. The lowest BCUT2D eigenvalue weighted by Crippen LogP contribution is -2.70. The first-order chi connectivity index (χ1) is 15.5. The Morgan fingerprint density at radius 3 is 2.58 bits per heavy atom. The van der Waals surface area contributed by atoms with E-state index in [1.165, 1.54) is 18.9 Å². The van der Waals surface area contributed by atoms with Crippen molar-refractivity contribution >= 4 is 39.1 Å². The highest BCUT2D eigenvalue weighted by atomic mass is 35.5. The summed E-state index contributed by atoms with van der Waals surface area (Å²) in [5.74, 6) is -0.558. The Hall–Kier alpha value is -2.62. The Kier molecular flexibility index (Phi) is 7.36. The van der Waals surface area contributed by atoms with Crippen LogP contribution in [0.2, 0.25) is 5.02 Å². The first-order valence-electron chi connectivity index (χ1n) is 10.5. The van der Waals surface area contributed by atoms with Crippen LogP contribution in [0.5, 0.6) is 5.75 Å². The summed E-state index contributed by atoms with van der Waals surface area (Å²) in [5, 5.41) is 3.30. The van der Waals surface area contributed by atoms with E-state index < -0.39 is 27.4 Å². The second kappa shape index (κ2) is 9.70. The summed E-state index contributed by atoms with van der Waals surface area (Å²) in [6.45, 7) is 4.52. The van der Waals surface area contributed by atoms with E-state index in [1.807, 2.05) is 25.1 Å². The molecule has 2 aromatic rings. The van der Waals surface area contributed by atoms with Crippen molar-refractivity contribution in [2.45, 2.75) is 32.9 Å². The summed E-state index contributed by atoms with van der Waals surface area (Å²) in [6, 6.07) is 12.3. The number of carbonyl (C=O) groups excluding carboxylic acids is 2. The van der Waals surface area contributed by atoms with Crippen LogP contribution in [-0.4, -0.2) is 56.0 Å². The molecule has 8 nitrogen and oxygen atoms in total. The van der Waals surface area contributed by atoms with Crippen molar-refractivity contribution in [3.63, 3.8) is 0 Å². The maximum Gasteiger partial charge on any atom is 0.247 e. The Morgan fingerprint density at radius 1 is 1.24 bits per heavy atom. The van der Waals surface area contributed by atoms with Gasteiger partial charge in [-0.1, -0.05) is 35.9 Å². The quantitative estimate of drug-likeness (QED) is 0.639. The topological polar surface area (TPSA) is 96.0 Å². The number of piperazine rings is 1. The molecule has 0 aliphatic carbocycles. The maximum atomic E-state index is 13.5. The zero-order chi connectivity index (χ0) is 24.4. The Morgan fingerprint density at radius 2 is 1.94 bits per heavy atom. The molecule has 1 N–H and O–H groups in total. The number of hydrogen-bond acceptors (Lipinski definition) is 5. The molecule has 3 rings (SSSR count). The molecule has 33 heavy (non-hydrogen) atoms. The van der Waals surface area contributed by atoms with Crippen LogP contribution in [0.4, 0.5) is 5.69 Å². The smallest absolute Gasteiger partial charge is 0.247 e. The molecular weight excluding hydrogens is 466 g/mol. The van der Waals surface area contributed by atoms with Gasteiger partial charge in [0.25, 0.3) is 0 Å². The fourth-order valence-electron chi connectivity index (χ4n) is 3.88. The van der Waals surface area contributed by atoms with E-state index >= 15 is 0 Å². The molecule has 178 valence electrons. The maximum absolute atomic E-state index is 13.5. The largest absolute Gasteiger partial charge is 0.496 e. The highest BCUT2D eigenvalue weighted by molar-refractivity contribution is 7.89. The van der Waals surface area contributed by atoms with Crippen LogP contribution < -0.4 is 15.0 Å². The van der Waals surface area contributed by atoms with Gasteiger partial charge in [0, 0.05) is 29.4 Å². The molecule has 0 spiro atoms. The minimum atomic E-state index is -3.70. The predicted molar refractivity (Wildman–Crippen MR) is 128 cm³/mol. The van der Waals surface area contributed by atoms with E-state index in [0.29, 0.717) is 16.5 Å². The molecule has 10 heteroatoms. The molecule has 1 aliphatic heterocycles. The zero-order valence-corrected chi connectivity index (χ0v) is 20.7. The van der Waals surface area contributed by atoms with Gasteiger partial charge in [-0.15, -0.1) is 0 Å². The summed E-state index contributed by atoms with van der Waals surface area (Å²) in [4.78, 5) is 28.1. The van der Waals surface area contributed by atoms with Gasteiger partial charge >= 0.3 is 0 Å². The number of ether oxygens (including phenoxy) is 1. The third-order valence-corrected chi connectivity index (χ3v) is 8.01. The van der Waals surface area contributed by atoms with Crippen LogP contribution in [0.1, 0.15) is 25.0 Å². The van der Waals surface area contributed by atoms with E-state index in [-0.39, 0.29) is 25.4 Å². The third kappa shape index (κ3) is 5.00. The van der Waals surface area contributed by atoms with Gasteiger partial charge in [-0.25, -0.2) is 8.42 Å². The van der Waals surface area contributed by atoms with Gasteiger partial charge in [0.2, 0.25) is 21.8 Å². The van der Waals surface area contributed by atoms with E-state index in [0.717, 1.165) is 15.4 Å². The molecular formula is C23H28ClN3O5S. The third-order valence-electron chi connectivity index (χ3n) is 5.83. The van der Waals surface area contributed by atoms with E-state index in [2.05, 4.69) is 5.32 Å². The lowest BCUT2D eigenvalue weighted by Gasteiger charge is -2.46. The van der Waals surface area contributed by atoms with Crippen LogP contribution in [0.15, 0.2) is 42.5 Å². The predicted octanol–water partition coefficient (Wildman–Crippen LogP) is 2.73. The number of sulfonamides is 1. The Labute approximate surface area is 199 Å². The van der Waals surface area contributed by atoms with Crippen LogP contribution in [0.25, 0.3) is 0 Å². The van der Waals surface area contributed by atoms with Gasteiger partial charge in [0.15, 0.2) is 0 Å². The molecule has 0 bridgehead atoms. The number of benzene rings is 2. The van der Waals surface area contributed by atoms with Crippen molar-refractivity contribution in [3.05, 3.63) is 58.6 Å². The van der Waals surface area contributed by atoms with Gasteiger partial charge in [-0.3, -0.25) is 14.5 Å². The number of aryl methyl sites for hydroxylation is 1. The number of nitrogens with one attached hydrogen (secondary N) is 1. The van der Waals surface area contributed by atoms with Gasteiger partial charge < -0.3 is 10.1 Å². The summed E-state index contributed by atoms with van der Waals surface area (Å²) in [7, 11) is -2.16. The van der Waals surface area contributed by atoms with Crippen molar-refractivity contribution in [2.24, 2.45) is 0 Å². The molecule has 1 heterocycles. The Balaban J connectivity index is 2.00. The van der Waals surface area contributed by atoms with Crippen LogP contribution in [0.3, 0.4) is 0 Å². The van der Waals surface area contributed by atoms with Gasteiger partial charge in [-0.2, -0.15) is 4.31 Å². The number of carbonyl (C=O) groups is 2. The lowest BCUT2D eigenvalue weighted by atomic mass is 9.94. The molecule has 0 aromatic heterocycles. The lowest BCUT2D eigenvalue weighted by molar-refractivity contribution is -0.133. The summed E-state index contributed by atoms with van der Waals surface area (Å²) in [6.07, 6.45) is 0. The van der Waals surface area contributed by atoms with Crippen LogP contribution in [0, 0.1) is 6.92 Å². The average molecular weight is 494 g/mol. The van der Waals surface area contributed by atoms with Gasteiger partial charge in [0.05, 0.1) is 19.4 Å². The fraction of sp³-hybridized carbons (Fsp3) is 0.391. The molecule has 1 atom stereocenters. The highest BCUT2D eigenvalue weighted by Crippen LogP contribution is 2.33. The molecule has 1 fully saturated rings. The molecule has 0 saturated carbocycles. The molecule has 2 aromatic carbocycles. The monoisotopic (exact) mass is 493 g/mol. The van der Waals surface area contributed by atoms with E-state index in [9.17, 15) is 18.0 Å². The van der Waals surface area contributed by atoms with E-state index in [1.54, 1.807) is 31.2 Å². The number of anilines is 1. The van der Waals surface area contributed by atoms with Gasteiger partial charge in [0.1, 0.15) is 11.3 Å². The summed E-state index contributed by atoms with van der Waals surface area (Å²) >= 11 is 6.29.